The van der Waals surface area contributed by atoms with Gasteiger partial charge in [-0.15, -0.1) is 0 Å². The van der Waals surface area contributed by atoms with Crippen molar-refractivity contribution < 1.29 is 4.79 Å². The third-order valence-electron chi connectivity index (χ3n) is 3.58. The van der Waals surface area contributed by atoms with E-state index in [0.717, 1.165) is 11.8 Å². The molecule has 0 spiro atoms. The second-order valence-corrected chi connectivity index (χ2v) is 4.67. The van der Waals surface area contributed by atoms with Crippen LogP contribution in [0, 0.1) is 0 Å². The number of aldehydes is 1. The van der Waals surface area contributed by atoms with Gasteiger partial charge < -0.3 is 0 Å². The number of carbonyl (C=O) groups is 1. The summed E-state index contributed by atoms with van der Waals surface area (Å²) in [6.45, 7) is 0. The van der Waals surface area contributed by atoms with Crippen molar-refractivity contribution in [3.8, 4) is 11.4 Å². The lowest BCUT2D eigenvalue weighted by molar-refractivity contribution is 0.112. The largest absolute Gasteiger partial charge is 0.298 e. The molecule has 1 aliphatic carbocycles. The molecule has 3 nitrogen and oxygen atoms in total. The summed E-state index contributed by atoms with van der Waals surface area (Å²) in [7, 11) is 0. The van der Waals surface area contributed by atoms with Gasteiger partial charge in [0, 0.05) is 23.5 Å². The highest BCUT2D eigenvalue weighted by Crippen LogP contribution is 2.35. The van der Waals surface area contributed by atoms with Crippen molar-refractivity contribution in [1.29, 1.82) is 0 Å². The van der Waals surface area contributed by atoms with Gasteiger partial charge in [-0.05, 0) is 24.3 Å². The maximum atomic E-state index is 11.0. The van der Waals surface area contributed by atoms with E-state index >= 15 is 0 Å². The molecule has 0 amide bonds. The summed E-state index contributed by atoms with van der Waals surface area (Å²) < 4.78 is 0. The highest BCUT2D eigenvalue weighted by atomic mass is 16.1. The highest BCUT2D eigenvalue weighted by molar-refractivity contribution is 5.85. The van der Waals surface area contributed by atoms with Crippen LogP contribution in [0.15, 0.2) is 36.7 Å². The van der Waals surface area contributed by atoms with Crippen LogP contribution in [0.1, 0.15) is 41.1 Å². The van der Waals surface area contributed by atoms with Crippen molar-refractivity contribution in [3.05, 3.63) is 47.8 Å². The monoisotopic (exact) mass is 238 g/mol. The van der Waals surface area contributed by atoms with Gasteiger partial charge in [-0.3, -0.25) is 4.79 Å². The summed E-state index contributed by atoms with van der Waals surface area (Å²) in [5.41, 5.74) is 2.65. The molecule has 0 saturated heterocycles. The summed E-state index contributed by atoms with van der Waals surface area (Å²) >= 11 is 0. The topological polar surface area (TPSA) is 42.9 Å². The summed E-state index contributed by atoms with van der Waals surface area (Å²) in [6.07, 6.45) is 8.43. The van der Waals surface area contributed by atoms with Crippen molar-refractivity contribution >= 4 is 6.29 Å². The number of hydrogen-bond donors (Lipinski definition) is 0. The molecular formula is C15H14N2O. The zero-order chi connectivity index (χ0) is 12.4. The zero-order valence-electron chi connectivity index (χ0n) is 10.0. The van der Waals surface area contributed by atoms with Crippen molar-refractivity contribution in [2.75, 3.05) is 0 Å². The Balaban J connectivity index is 1.94. The van der Waals surface area contributed by atoms with Gasteiger partial charge >= 0.3 is 0 Å². The Morgan fingerprint density at radius 3 is 2.44 bits per heavy atom. The number of nitrogens with zero attached hydrogens (tertiary/aromatic N) is 2. The standard InChI is InChI=1S/C15H14N2O/c18-10-12-4-1-2-7-14(12)15-16-8-13(9-17-15)11-5-3-6-11/h1-2,4,7-11H,3,5-6H2. The Hall–Kier alpha value is -2.03. The average molecular weight is 238 g/mol. The fraction of sp³-hybridized carbons (Fsp3) is 0.267. The molecule has 0 atom stereocenters. The lowest BCUT2D eigenvalue weighted by atomic mass is 9.81. The lowest BCUT2D eigenvalue weighted by Crippen LogP contribution is -2.09. The van der Waals surface area contributed by atoms with Crippen LogP contribution in [-0.4, -0.2) is 16.3 Å². The molecule has 1 aromatic carbocycles. The fourth-order valence-electron chi connectivity index (χ4n) is 2.23. The van der Waals surface area contributed by atoms with E-state index in [1.54, 1.807) is 6.07 Å². The molecule has 3 heteroatoms. The van der Waals surface area contributed by atoms with E-state index in [1.165, 1.54) is 24.8 Å². The minimum atomic E-state index is 0.626. The molecule has 0 N–H and O–H groups in total. The van der Waals surface area contributed by atoms with E-state index < -0.39 is 0 Å². The smallest absolute Gasteiger partial charge is 0.159 e. The Kier molecular flexibility index (Phi) is 2.89. The second-order valence-electron chi connectivity index (χ2n) is 4.67. The van der Waals surface area contributed by atoms with Crippen LogP contribution in [0.3, 0.4) is 0 Å². The summed E-state index contributed by atoms with van der Waals surface area (Å²) in [4.78, 5) is 19.8. The summed E-state index contributed by atoms with van der Waals surface area (Å²) in [6, 6.07) is 7.40. The normalized spacial score (nSPS) is 15.1. The van der Waals surface area contributed by atoms with E-state index in [1.807, 2.05) is 30.6 Å². The first-order valence-corrected chi connectivity index (χ1v) is 6.25. The first-order valence-electron chi connectivity index (χ1n) is 6.25. The van der Waals surface area contributed by atoms with Crippen LogP contribution in [0.2, 0.25) is 0 Å². The number of carbonyl (C=O) groups excluding carboxylic acids is 1. The third-order valence-corrected chi connectivity index (χ3v) is 3.58. The van der Waals surface area contributed by atoms with Gasteiger partial charge in [0.1, 0.15) is 0 Å². The lowest BCUT2D eigenvalue weighted by Gasteiger charge is -2.24. The van der Waals surface area contributed by atoms with Crippen molar-refractivity contribution in [2.24, 2.45) is 0 Å². The minimum Gasteiger partial charge on any atom is -0.298 e. The average Bonchev–Trinajstić information content (AvgIpc) is 2.38. The van der Waals surface area contributed by atoms with Crippen LogP contribution in [0.5, 0.6) is 0 Å². The number of aromatic nitrogens is 2. The molecule has 1 aliphatic rings. The van der Waals surface area contributed by atoms with Crippen molar-refractivity contribution in [1.82, 2.24) is 9.97 Å². The molecule has 0 bridgehead atoms. The van der Waals surface area contributed by atoms with Crippen LogP contribution in [-0.2, 0) is 0 Å². The van der Waals surface area contributed by atoms with Gasteiger partial charge in [0.05, 0.1) is 0 Å². The molecule has 2 aromatic rings. The molecule has 1 aromatic heterocycles. The van der Waals surface area contributed by atoms with Gasteiger partial charge in [0.25, 0.3) is 0 Å². The zero-order valence-corrected chi connectivity index (χ0v) is 10.0. The number of benzene rings is 1. The van der Waals surface area contributed by atoms with Gasteiger partial charge in [0.15, 0.2) is 12.1 Å². The predicted molar refractivity (Wildman–Crippen MR) is 69.4 cm³/mol. The maximum absolute atomic E-state index is 11.0. The number of rotatable bonds is 3. The Labute approximate surface area is 106 Å². The molecule has 1 heterocycles. The first kappa shape index (κ1) is 11.1. The molecule has 0 unspecified atom stereocenters. The van der Waals surface area contributed by atoms with E-state index in [2.05, 4.69) is 9.97 Å². The molecular weight excluding hydrogens is 224 g/mol. The van der Waals surface area contributed by atoms with Gasteiger partial charge in [-0.25, -0.2) is 9.97 Å². The third kappa shape index (κ3) is 1.92. The Morgan fingerprint density at radius 2 is 1.83 bits per heavy atom. The second kappa shape index (κ2) is 4.69. The first-order chi connectivity index (χ1) is 8.88. The minimum absolute atomic E-state index is 0.626. The molecule has 90 valence electrons. The fourth-order valence-corrected chi connectivity index (χ4v) is 2.23. The SMILES string of the molecule is O=Cc1ccccc1-c1ncc(C2CCC2)cn1. The van der Waals surface area contributed by atoms with Crippen LogP contribution in [0.25, 0.3) is 11.4 Å². The van der Waals surface area contributed by atoms with Gasteiger partial charge in [0.2, 0.25) is 0 Å². The summed E-state index contributed by atoms with van der Waals surface area (Å²) in [5, 5.41) is 0. The molecule has 3 rings (SSSR count). The summed E-state index contributed by atoms with van der Waals surface area (Å²) in [5.74, 6) is 1.26. The van der Waals surface area contributed by atoms with Gasteiger partial charge in [-0.2, -0.15) is 0 Å². The molecule has 1 saturated carbocycles. The Bertz CT molecular complexity index is 559. The van der Waals surface area contributed by atoms with Crippen molar-refractivity contribution in [2.45, 2.75) is 25.2 Å². The van der Waals surface area contributed by atoms with E-state index in [4.69, 9.17) is 0 Å². The Morgan fingerprint density at radius 1 is 1.11 bits per heavy atom. The van der Waals surface area contributed by atoms with E-state index in [-0.39, 0.29) is 0 Å². The molecule has 0 aliphatic heterocycles. The highest BCUT2D eigenvalue weighted by Gasteiger charge is 2.20. The van der Waals surface area contributed by atoms with Crippen LogP contribution in [0.4, 0.5) is 0 Å². The number of hydrogen-bond acceptors (Lipinski definition) is 3. The maximum Gasteiger partial charge on any atom is 0.159 e. The van der Waals surface area contributed by atoms with E-state index in [9.17, 15) is 4.79 Å². The quantitative estimate of drug-likeness (QED) is 0.771. The molecule has 18 heavy (non-hydrogen) atoms. The van der Waals surface area contributed by atoms with Gasteiger partial charge in [-0.1, -0.05) is 30.7 Å². The van der Waals surface area contributed by atoms with Crippen molar-refractivity contribution in [3.63, 3.8) is 0 Å². The molecule has 0 radical (unpaired) electrons. The predicted octanol–water partition coefficient (Wildman–Crippen LogP) is 3.22. The van der Waals surface area contributed by atoms with Crippen LogP contribution >= 0.6 is 0 Å². The molecule has 1 fully saturated rings. The van der Waals surface area contributed by atoms with E-state index in [0.29, 0.717) is 17.3 Å². The van der Waals surface area contributed by atoms with Crippen LogP contribution < -0.4 is 0 Å².